The van der Waals surface area contributed by atoms with E-state index >= 15 is 0 Å². The number of nitrogens with one attached hydrogen (secondary N) is 1. The summed E-state index contributed by atoms with van der Waals surface area (Å²) in [4.78, 5) is 17.6. The molecule has 0 aromatic carbocycles. The number of likely N-dealkylation sites (N-methyl/N-ethyl adjacent to an activating group) is 1. The quantitative estimate of drug-likeness (QED) is 0.819. The van der Waals surface area contributed by atoms with Crippen LogP contribution >= 0.6 is 0 Å². The van der Waals surface area contributed by atoms with Crippen molar-refractivity contribution in [3.8, 4) is 0 Å². The van der Waals surface area contributed by atoms with Crippen molar-refractivity contribution in [3.63, 3.8) is 0 Å². The predicted molar refractivity (Wildman–Crippen MR) is 78.1 cm³/mol. The summed E-state index contributed by atoms with van der Waals surface area (Å²) in [6.07, 6.45) is 4.08. The number of hydrogen-bond donors (Lipinski definition) is 1. The number of amides is 1. The van der Waals surface area contributed by atoms with Crippen molar-refractivity contribution in [1.82, 2.24) is 15.1 Å². The van der Waals surface area contributed by atoms with Gasteiger partial charge in [0.05, 0.1) is 5.41 Å². The van der Waals surface area contributed by atoms with E-state index in [4.69, 9.17) is 0 Å². The Kier molecular flexibility index (Phi) is 4.85. The van der Waals surface area contributed by atoms with Gasteiger partial charge in [-0.25, -0.2) is 0 Å². The molecule has 0 aromatic heterocycles. The van der Waals surface area contributed by atoms with Gasteiger partial charge in [0.1, 0.15) is 0 Å². The third-order valence-electron chi connectivity index (χ3n) is 5.00. The van der Waals surface area contributed by atoms with Crippen LogP contribution in [0.1, 0.15) is 39.5 Å². The summed E-state index contributed by atoms with van der Waals surface area (Å²) in [7, 11) is 2.16. The Hall–Kier alpha value is -0.610. The monoisotopic (exact) mass is 267 g/mol. The van der Waals surface area contributed by atoms with Crippen molar-refractivity contribution < 1.29 is 4.79 Å². The van der Waals surface area contributed by atoms with Crippen LogP contribution in [0.3, 0.4) is 0 Å². The van der Waals surface area contributed by atoms with Gasteiger partial charge < -0.3 is 15.1 Å². The van der Waals surface area contributed by atoms with Crippen molar-refractivity contribution >= 4 is 5.91 Å². The first-order chi connectivity index (χ1) is 9.09. The molecule has 0 bridgehead atoms. The summed E-state index contributed by atoms with van der Waals surface area (Å²) < 4.78 is 0. The van der Waals surface area contributed by atoms with E-state index < -0.39 is 0 Å². The zero-order valence-corrected chi connectivity index (χ0v) is 12.7. The number of piperidine rings is 1. The predicted octanol–water partition coefficient (Wildman–Crippen LogP) is 1.32. The molecule has 2 saturated heterocycles. The van der Waals surface area contributed by atoms with Gasteiger partial charge in [0, 0.05) is 19.1 Å². The fourth-order valence-electron chi connectivity index (χ4n) is 3.60. The lowest BCUT2D eigenvalue weighted by Gasteiger charge is -2.41. The Morgan fingerprint density at radius 3 is 2.63 bits per heavy atom. The van der Waals surface area contributed by atoms with E-state index in [1.807, 2.05) is 0 Å². The van der Waals surface area contributed by atoms with Crippen LogP contribution in [0.5, 0.6) is 0 Å². The number of hydrogen-bond acceptors (Lipinski definition) is 3. The first-order valence-corrected chi connectivity index (χ1v) is 7.79. The maximum absolute atomic E-state index is 13.1. The highest BCUT2D eigenvalue weighted by molar-refractivity contribution is 5.83. The molecule has 0 aromatic rings. The van der Waals surface area contributed by atoms with Gasteiger partial charge in [-0.05, 0) is 59.3 Å². The molecule has 1 atom stereocenters. The molecule has 2 fully saturated rings. The fraction of sp³-hybridized carbons (Fsp3) is 0.933. The molecular weight excluding hydrogens is 238 g/mol. The molecule has 2 aliphatic rings. The lowest BCUT2D eigenvalue weighted by molar-refractivity contribution is -0.146. The van der Waals surface area contributed by atoms with E-state index in [0.717, 1.165) is 58.4 Å². The molecule has 2 aliphatic heterocycles. The number of rotatable bonds is 2. The van der Waals surface area contributed by atoms with E-state index in [0.29, 0.717) is 11.9 Å². The van der Waals surface area contributed by atoms with Crippen LogP contribution in [0.4, 0.5) is 0 Å². The molecule has 0 saturated carbocycles. The molecule has 0 radical (unpaired) electrons. The van der Waals surface area contributed by atoms with Gasteiger partial charge in [-0.2, -0.15) is 0 Å². The summed E-state index contributed by atoms with van der Waals surface area (Å²) in [6.45, 7) is 9.39. The molecular formula is C15H29N3O. The smallest absolute Gasteiger partial charge is 0.229 e. The first-order valence-electron chi connectivity index (χ1n) is 7.79. The van der Waals surface area contributed by atoms with E-state index in [1.165, 1.54) is 0 Å². The minimum atomic E-state index is -0.0948. The second-order valence-electron chi connectivity index (χ2n) is 6.35. The zero-order valence-electron chi connectivity index (χ0n) is 12.7. The molecule has 1 N–H and O–H groups in total. The minimum Gasteiger partial charge on any atom is -0.338 e. The largest absolute Gasteiger partial charge is 0.338 e. The molecule has 110 valence electrons. The summed E-state index contributed by atoms with van der Waals surface area (Å²) in [5.41, 5.74) is -0.0948. The summed E-state index contributed by atoms with van der Waals surface area (Å²) in [6, 6.07) is 0.346. The molecule has 1 unspecified atom stereocenters. The Morgan fingerprint density at radius 2 is 2.00 bits per heavy atom. The van der Waals surface area contributed by atoms with Gasteiger partial charge >= 0.3 is 0 Å². The van der Waals surface area contributed by atoms with Gasteiger partial charge in [0.15, 0.2) is 0 Å². The normalized spacial score (nSPS) is 29.0. The number of carbonyl (C=O) groups is 1. The van der Waals surface area contributed by atoms with Crippen LogP contribution in [-0.4, -0.2) is 61.5 Å². The third kappa shape index (κ3) is 3.11. The Labute approximate surface area is 117 Å². The van der Waals surface area contributed by atoms with Gasteiger partial charge in [-0.3, -0.25) is 4.79 Å². The fourth-order valence-corrected chi connectivity index (χ4v) is 3.60. The topological polar surface area (TPSA) is 35.6 Å². The van der Waals surface area contributed by atoms with Crippen molar-refractivity contribution in [2.75, 3.05) is 39.8 Å². The van der Waals surface area contributed by atoms with Crippen LogP contribution in [-0.2, 0) is 4.79 Å². The second kappa shape index (κ2) is 6.23. The average Bonchev–Trinajstić information content (AvgIpc) is 2.59. The molecule has 0 aliphatic carbocycles. The Balaban J connectivity index is 2.11. The van der Waals surface area contributed by atoms with E-state index in [1.54, 1.807) is 0 Å². The lowest BCUT2D eigenvalue weighted by atomic mass is 9.75. The molecule has 2 heterocycles. The van der Waals surface area contributed by atoms with Gasteiger partial charge in [-0.15, -0.1) is 0 Å². The van der Waals surface area contributed by atoms with Gasteiger partial charge in [-0.1, -0.05) is 6.92 Å². The van der Waals surface area contributed by atoms with Crippen molar-refractivity contribution in [2.24, 2.45) is 5.41 Å². The average molecular weight is 267 g/mol. The van der Waals surface area contributed by atoms with Crippen LogP contribution in [0.15, 0.2) is 0 Å². The molecule has 0 spiro atoms. The second-order valence-corrected chi connectivity index (χ2v) is 6.35. The Bertz CT molecular complexity index is 313. The van der Waals surface area contributed by atoms with E-state index in [-0.39, 0.29) is 5.41 Å². The number of nitrogens with zero attached hydrogens (tertiary/aromatic N) is 2. The summed E-state index contributed by atoms with van der Waals surface area (Å²) in [5.74, 6) is 0.416. The van der Waals surface area contributed by atoms with Crippen molar-refractivity contribution in [2.45, 2.75) is 45.6 Å². The Morgan fingerprint density at radius 1 is 1.32 bits per heavy atom. The van der Waals surface area contributed by atoms with Gasteiger partial charge in [0.25, 0.3) is 0 Å². The van der Waals surface area contributed by atoms with E-state index in [9.17, 15) is 4.79 Å². The van der Waals surface area contributed by atoms with Crippen LogP contribution < -0.4 is 5.32 Å². The van der Waals surface area contributed by atoms with Gasteiger partial charge in [0.2, 0.25) is 5.91 Å². The molecule has 19 heavy (non-hydrogen) atoms. The maximum atomic E-state index is 13.1. The third-order valence-corrected chi connectivity index (χ3v) is 5.00. The maximum Gasteiger partial charge on any atom is 0.229 e. The molecule has 2 rings (SSSR count). The van der Waals surface area contributed by atoms with Crippen LogP contribution in [0.2, 0.25) is 0 Å². The van der Waals surface area contributed by atoms with Crippen LogP contribution in [0, 0.1) is 5.41 Å². The zero-order chi connectivity index (χ0) is 13.9. The van der Waals surface area contributed by atoms with Crippen LogP contribution in [0.25, 0.3) is 0 Å². The summed E-state index contributed by atoms with van der Waals surface area (Å²) in [5, 5.41) is 3.38. The SMILES string of the molecule is CCC1(C(=O)N2CCCN(C)CC2C)CCNCC1. The lowest BCUT2D eigenvalue weighted by Crippen LogP contribution is -2.52. The molecule has 4 nitrogen and oxygen atoms in total. The standard InChI is InChI=1S/C15H29N3O/c1-4-15(6-8-16-9-7-15)14(19)18-11-5-10-17(3)12-13(18)2/h13,16H,4-12H2,1-3H3. The highest BCUT2D eigenvalue weighted by Crippen LogP contribution is 2.35. The van der Waals surface area contributed by atoms with Crippen molar-refractivity contribution in [3.05, 3.63) is 0 Å². The molecule has 4 heteroatoms. The molecule has 1 amide bonds. The first kappa shape index (κ1) is 14.8. The van der Waals surface area contributed by atoms with Crippen molar-refractivity contribution in [1.29, 1.82) is 0 Å². The number of carbonyl (C=O) groups excluding carboxylic acids is 1. The van der Waals surface area contributed by atoms with E-state index in [2.05, 4.69) is 36.0 Å². The highest BCUT2D eigenvalue weighted by Gasteiger charge is 2.41. The summed E-state index contributed by atoms with van der Waals surface area (Å²) >= 11 is 0. The highest BCUT2D eigenvalue weighted by atomic mass is 16.2. The minimum absolute atomic E-state index is 0.0948.